The SMILES string of the molecule is O=C(O)c1ccc2nc(CN3CCC(c4cccc(OCc5ccc(Cl)cc5F)n4)CC3)n(CC3=CNCS3)c2c1. The molecule has 2 N–H and O–H groups in total. The molecule has 11 heteroatoms. The van der Waals surface area contributed by atoms with Crippen molar-refractivity contribution in [2.75, 3.05) is 19.0 Å². The van der Waals surface area contributed by atoms with Crippen molar-refractivity contribution in [3.8, 4) is 5.88 Å². The Kier molecular flexibility index (Phi) is 8.13. The highest BCUT2D eigenvalue weighted by atomic mass is 35.5. The second-order valence-corrected chi connectivity index (χ2v) is 11.7. The molecule has 0 atom stereocenters. The number of fused-ring (bicyclic) bond motifs is 1. The fourth-order valence-electron chi connectivity index (χ4n) is 5.30. The summed E-state index contributed by atoms with van der Waals surface area (Å²) in [6.45, 7) is 3.18. The number of nitrogens with zero attached hydrogens (tertiary/aromatic N) is 4. The lowest BCUT2D eigenvalue weighted by atomic mass is 9.93. The summed E-state index contributed by atoms with van der Waals surface area (Å²) in [6.07, 6.45) is 3.90. The van der Waals surface area contributed by atoms with E-state index in [2.05, 4.69) is 14.8 Å². The van der Waals surface area contributed by atoms with Crippen molar-refractivity contribution in [3.05, 3.63) is 99.2 Å². The van der Waals surface area contributed by atoms with Crippen molar-refractivity contribution >= 4 is 40.4 Å². The monoisotopic (exact) mass is 593 g/mol. The van der Waals surface area contributed by atoms with Gasteiger partial charge in [0.2, 0.25) is 5.88 Å². The van der Waals surface area contributed by atoms with E-state index in [0.29, 0.717) is 35.5 Å². The molecular weight excluding hydrogens is 565 g/mol. The van der Waals surface area contributed by atoms with Gasteiger partial charge in [0, 0.05) is 39.4 Å². The number of benzene rings is 2. The highest BCUT2D eigenvalue weighted by Gasteiger charge is 2.24. The molecule has 0 aliphatic carbocycles. The smallest absolute Gasteiger partial charge is 0.335 e. The summed E-state index contributed by atoms with van der Waals surface area (Å²) in [5.74, 6) is 1.19. The first-order valence-electron chi connectivity index (χ1n) is 13.5. The van der Waals surface area contributed by atoms with E-state index in [9.17, 15) is 14.3 Å². The third kappa shape index (κ3) is 6.34. The van der Waals surface area contributed by atoms with Crippen LogP contribution in [0.1, 0.15) is 46.2 Å². The largest absolute Gasteiger partial charge is 0.478 e. The standard InChI is InChI=1S/C30H29ClFN5O3S/c31-22-6-4-21(24(32)13-22)17-40-29-3-1-2-25(35-29)19-8-10-36(11-9-19)16-28-34-26-7-5-20(30(38)39)12-27(26)37(28)15-23-14-33-18-41-23/h1-7,12-14,19,33H,8-11,15-18H2,(H,38,39). The fourth-order valence-corrected chi connectivity index (χ4v) is 6.20. The van der Waals surface area contributed by atoms with Crippen LogP contribution in [0.5, 0.6) is 5.88 Å². The number of carbonyl (C=O) groups is 1. The van der Waals surface area contributed by atoms with Gasteiger partial charge in [-0.25, -0.2) is 19.2 Å². The maximum atomic E-state index is 14.1. The Bertz CT molecular complexity index is 1620. The van der Waals surface area contributed by atoms with Crippen LogP contribution in [0.4, 0.5) is 4.39 Å². The van der Waals surface area contributed by atoms with E-state index >= 15 is 0 Å². The summed E-state index contributed by atoms with van der Waals surface area (Å²) in [5.41, 5.74) is 3.30. The lowest BCUT2D eigenvalue weighted by Crippen LogP contribution is -2.33. The highest BCUT2D eigenvalue weighted by Crippen LogP contribution is 2.30. The number of aromatic carboxylic acids is 1. The van der Waals surface area contributed by atoms with E-state index in [0.717, 1.165) is 54.4 Å². The van der Waals surface area contributed by atoms with E-state index in [4.69, 9.17) is 26.3 Å². The Morgan fingerprint density at radius 1 is 1.12 bits per heavy atom. The normalized spacial score (nSPS) is 16.1. The van der Waals surface area contributed by atoms with Crippen LogP contribution in [0.3, 0.4) is 0 Å². The minimum atomic E-state index is -0.945. The van der Waals surface area contributed by atoms with Crippen molar-refractivity contribution in [1.82, 2.24) is 24.8 Å². The molecule has 1 saturated heterocycles. The molecule has 4 heterocycles. The lowest BCUT2D eigenvalue weighted by Gasteiger charge is -2.31. The lowest BCUT2D eigenvalue weighted by molar-refractivity contribution is 0.0697. The number of piperidine rings is 1. The van der Waals surface area contributed by atoms with Crippen LogP contribution < -0.4 is 10.1 Å². The quantitative estimate of drug-likeness (QED) is 0.244. The molecule has 2 aromatic heterocycles. The number of hydrogen-bond acceptors (Lipinski definition) is 7. The van der Waals surface area contributed by atoms with Gasteiger partial charge in [-0.15, -0.1) is 11.8 Å². The highest BCUT2D eigenvalue weighted by molar-refractivity contribution is 8.03. The Labute approximate surface area is 246 Å². The van der Waals surface area contributed by atoms with Gasteiger partial charge in [0.1, 0.15) is 18.2 Å². The van der Waals surface area contributed by atoms with Gasteiger partial charge < -0.3 is 19.7 Å². The summed E-state index contributed by atoms with van der Waals surface area (Å²) in [5, 5.41) is 13.1. The summed E-state index contributed by atoms with van der Waals surface area (Å²) in [7, 11) is 0. The molecule has 8 nitrogen and oxygen atoms in total. The number of pyridine rings is 1. The average molecular weight is 594 g/mol. The van der Waals surface area contributed by atoms with Gasteiger partial charge in [0.05, 0.1) is 35.6 Å². The molecule has 0 radical (unpaired) electrons. The minimum Gasteiger partial charge on any atom is -0.478 e. The fraction of sp³-hybridized carbons (Fsp3) is 0.300. The molecule has 2 aliphatic heterocycles. The zero-order chi connectivity index (χ0) is 28.3. The summed E-state index contributed by atoms with van der Waals surface area (Å²) in [6, 6.07) is 15.4. The van der Waals surface area contributed by atoms with Crippen molar-refractivity contribution in [2.24, 2.45) is 0 Å². The maximum absolute atomic E-state index is 14.1. The molecular formula is C30H29ClFN5O3S. The number of imidazole rings is 1. The predicted molar refractivity (Wildman–Crippen MR) is 158 cm³/mol. The molecule has 1 fully saturated rings. The molecule has 2 aromatic carbocycles. The second-order valence-electron chi connectivity index (χ2n) is 10.2. The zero-order valence-corrected chi connectivity index (χ0v) is 23.8. The van der Waals surface area contributed by atoms with E-state index in [-0.39, 0.29) is 12.2 Å². The number of halogens is 2. The number of nitrogens with one attached hydrogen (secondary N) is 1. The van der Waals surface area contributed by atoms with Gasteiger partial charge >= 0.3 is 5.97 Å². The molecule has 6 rings (SSSR count). The second kappa shape index (κ2) is 12.1. The number of carboxylic acid groups (broad SMARTS) is 1. The van der Waals surface area contributed by atoms with Gasteiger partial charge in [-0.05, 0) is 62.3 Å². The number of thioether (sulfide) groups is 1. The van der Waals surface area contributed by atoms with Crippen LogP contribution in [0.15, 0.2) is 65.7 Å². The Morgan fingerprint density at radius 3 is 2.73 bits per heavy atom. The first-order valence-corrected chi connectivity index (χ1v) is 14.8. The molecule has 2 aliphatic rings. The number of rotatable bonds is 9. The molecule has 41 heavy (non-hydrogen) atoms. The Morgan fingerprint density at radius 2 is 1.98 bits per heavy atom. The number of ether oxygens (including phenoxy) is 1. The van der Waals surface area contributed by atoms with Crippen LogP contribution in [0.2, 0.25) is 5.02 Å². The van der Waals surface area contributed by atoms with Gasteiger partial charge in [-0.3, -0.25) is 4.90 Å². The van der Waals surface area contributed by atoms with Gasteiger partial charge in [-0.2, -0.15) is 0 Å². The predicted octanol–water partition coefficient (Wildman–Crippen LogP) is 6.02. The summed E-state index contributed by atoms with van der Waals surface area (Å²) >= 11 is 7.59. The molecule has 4 aromatic rings. The van der Waals surface area contributed by atoms with Crippen LogP contribution in [0.25, 0.3) is 11.0 Å². The van der Waals surface area contributed by atoms with E-state index in [1.807, 2.05) is 18.3 Å². The number of aromatic nitrogens is 3. The van der Waals surface area contributed by atoms with Crippen molar-refractivity contribution < 1.29 is 19.0 Å². The number of likely N-dealkylation sites (tertiary alicyclic amines) is 1. The van der Waals surface area contributed by atoms with Crippen LogP contribution in [-0.4, -0.2) is 49.5 Å². The molecule has 0 amide bonds. The van der Waals surface area contributed by atoms with Crippen LogP contribution >= 0.6 is 23.4 Å². The molecule has 212 valence electrons. The maximum Gasteiger partial charge on any atom is 0.335 e. The molecule has 0 bridgehead atoms. The molecule has 0 unspecified atom stereocenters. The van der Waals surface area contributed by atoms with Gasteiger partial charge in [-0.1, -0.05) is 23.7 Å². The Hall–Kier alpha value is -3.60. The Balaban J connectivity index is 1.12. The number of allylic oxidation sites excluding steroid dienone is 1. The number of hydrogen-bond donors (Lipinski definition) is 2. The topological polar surface area (TPSA) is 92.5 Å². The first-order chi connectivity index (χ1) is 19.9. The van der Waals surface area contributed by atoms with E-state index in [1.165, 1.54) is 11.0 Å². The zero-order valence-electron chi connectivity index (χ0n) is 22.2. The van der Waals surface area contributed by atoms with Crippen LogP contribution in [-0.2, 0) is 19.7 Å². The summed E-state index contributed by atoms with van der Waals surface area (Å²) < 4.78 is 22.1. The number of carboxylic acids is 1. The molecule has 0 saturated carbocycles. The third-order valence-electron chi connectivity index (χ3n) is 7.50. The van der Waals surface area contributed by atoms with E-state index < -0.39 is 11.8 Å². The van der Waals surface area contributed by atoms with Crippen molar-refractivity contribution in [2.45, 2.75) is 38.5 Å². The van der Waals surface area contributed by atoms with E-state index in [1.54, 1.807) is 48.2 Å². The van der Waals surface area contributed by atoms with Crippen molar-refractivity contribution in [3.63, 3.8) is 0 Å². The first kappa shape index (κ1) is 27.6. The van der Waals surface area contributed by atoms with Crippen molar-refractivity contribution in [1.29, 1.82) is 0 Å². The summed E-state index contributed by atoms with van der Waals surface area (Å²) in [4.78, 5) is 24.8. The minimum absolute atomic E-state index is 0.0817. The average Bonchev–Trinajstić information content (AvgIpc) is 3.61. The van der Waals surface area contributed by atoms with Gasteiger partial charge in [0.25, 0.3) is 0 Å². The van der Waals surface area contributed by atoms with Gasteiger partial charge in [0.15, 0.2) is 0 Å². The van der Waals surface area contributed by atoms with Crippen LogP contribution in [0, 0.1) is 5.82 Å². The molecule has 0 spiro atoms. The third-order valence-corrected chi connectivity index (χ3v) is 8.66.